The molecule has 0 saturated carbocycles. The van der Waals surface area contributed by atoms with Crippen molar-refractivity contribution in [3.05, 3.63) is 35.9 Å². The third kappa shape index (κ3) is 5.01. The van der Waals surface area contributed by atoms with E-state index >= 15 is 0 Å². The molecular formula is C18H27N7O. The fourth-order valence-electron chi connectivity index (χ4n) is 3.30. The van der Waals surface area contributed by atoms with Crippen molar-refractivity contribution in [2.45, 2.75) is 25.9 Å². The Hall–Kier alpha value is -2.48. The van der Waals surface area contributed by atoms with Crippen LogP contribution in [0.25, 0.3) is 6.08 Å². The Morgan fingerprint density at radius 3 is 2.96 bits per heavy atom. The zero-order valence-electron chi connectivity index (χ0n) is 15.7. The molecule has 1 amide bonds. The first-order valence-corrected chi connectivity index (χ1v) is 8.99. The SMILES string of the molecule is CN(C)Cc1cn(C[C@@H]2CCCN(C(=O)/C=C/c3cnn(C)c3)C2)nn1. The highest BCUT2D eigenvalue weighted by atomic mass is 16.2. The zero-order chi connectivity index (χ0) is 18.5. The molecule has 0 N–H and O–H groups in total. The highest BCUT2D eigenvalue weighted by Gasteiger charge is 2.23. The van der Waals surface area contributed by atoms with Crippen LogP contribution in [0.1, 0.15) is 24.1 Å². The largest absolute Gasteiger partial charge is 0.339 e. The second-order valence-corrected chi connectivity index (χ2v) is 7.24. The molecule has 0 aromatic carbocycles. The van der Waals surface area contributed by atoms with Gasteiger partial charge in [-0.15, -0.1) is 5.10 Å². The third-order valence-electron chi connectivity index (χ3n) is 4.48. The van der Waals surface area contributed by atoms with Crippen molar-refractivity contribution in [1.82, 2.24) is 34.6 Å². The number of hydrogen-bond acceptors (Lipinski definition) is 5. The second kappa shape index (κ2) is 8.27. The molecule has 140 valence electrons. The van der Waals surface area contributed by atoms with E-state index in [1.807, 2.05) is 49.2 Å². The summed E-state index contributed by atoms with van der Waals surface area (Å²) in [5.41, 5.74) is 1.91. The van der Waals surface area contributed by atoms with Gasteiger partial charge in [-0.05, 0) is 38.9 Å². The Morgan fingerprint density at radius 1 is 1.38 bits per heavy atom. The van der Waals surface area contributed by atoms with E-state index in [0.29, 0.717) is 5.92 Å². The number of carbonyl (C=O) groups excluding carboxylic acids is 1. The van der Waals surface area contributed by atoms with E-state index in [1.165, 1.54) is 0 Å². The molecule has 2 aromatic heterocycles. The minimum Gasteiger partial charge on any atom is -0.339 e. The number of rotatable bonds is 6. The molecule has 1 saturated heterocycles. The Morgan fingerprint density at radius 2 is 2.23 bits per heavy atom. The van der Waals surface area contributed by atoms with Crippen LogP contribution in [0, 0.1) is 5.92 Å². The summed E-state index contributed by atoms with van der Waals surface area (Å²) in [6.07, 6.45) is 11.2. The van der Waals surface area contributed by atoms with Crippen molar-refractivity contribution in [3.63, 3.8) is 0 Å². The Bertz CT molecular complexity index is 761. The molecule has 0 bridgehead atoms. The van der Waals surface area contributed by atoms with Gasteiger partial charge in [0.1, 0.15) is 0 Å². The topological polar surface area (TPSA) is 72.1 Å². The number of aromatic nitrogens is 5. The summed E-state index contributed by atoms with van der Waals surface area (Å²) in [4.78, 5) is 16.5. The van der Waals surface area contributed by atoms with Gasteiger partial charge in [0.05, 0.1) is 11.9 Å². The van der Waals surface area contributed by atoms with Crippen LogP contribution in [0.4, 0.5) is 0 Å². The molecule has 3 heterocycles. The predicted octanol–water partition coefficient (Wildman–Crippen LogP) is 1.03. The smallest absolute Gasteiger partial charge is 0.246 e. The average molecular weight is 357 g/mol. The average Bonchev–Trinajstić information content (AvgIpc) is 3.21. The molecule has 0 unspecified atom stereocenters. The first kappa shape index (κ1) is 18.3. The highest BCUT2D eigenvalue weighted by Crippen LogP contribution is 2.19. The molecule has 1 fully saturated rings. The molecule has 2 aromatic rings. The normalized spacial score (nSPS) is 18.2. The lowest BCUT2D eigenvalue weighted by atomic mass is 9.98. The number of likely N-dealkylation sites (tertiary alicyclic amines) is 1. The maximum absolute atomic E-state index is 12.5. The van der Waals surface area contributed by atoms with E-state index in [1.54, 1.807) is 17.0 Å². The number of piperidine rings is 1. The molecule has 3 rings (SSSR count). The van der Waals surface area contributed by atoms with Gasteiger partial charge in [-0.1, -0.05) is 5.21 Å². The quantitative estimate of drug-likeness (QED) is 0.722. The predicted molar refractivity (Wildman–Crippen MR) is 99.0 cm³/mol. The van der Waals surface area contributed by atoms with E-state index in [2.05, 4.69) is 20.3 Å². The molecule has 8 nitrogen and oxygen atoms in total. The van der Waals surface area contributed by atoms with Crippen LogP contribution in [0.3, 0.4) is 0 Å². The minimum atomic E-state index is 0.0606. The number of aryl methyl sites for hydroxylation is 1. The van der Waals surface area contributed by atoms with Gasteiger partial charge in [-0.25, -0.2) is 0 Å². The van der Waals surface area contributed by atoms with E-state index < -0.39 is 0 Å². The molecule has 1 aliphatic heterocycles. The molecule has 1 atom stereocenters. The standard InChI is InChI=1S/C18H27N7O/c1-22(2)13-17-14-25(21-20-17)12-16-5-4-8-24(11-16)18(26)7-6-15-9-19-23(3)10-15/h6-7,9-10,14,16H,4-5,8,11-13H2,1-3H3/b7-6+/t16-/m1/s1. The van der Waals surface area contributed by atoms with Gasteiger partial charge < -0.3 is 9.80 Å². The van der Waals surface area contributed by atoms with E-state index in [9.17, 15) is 4.79 Å². The van der Waals surface area contributed by atoms with Gasteiger partial charge in [0.2, 0.25) is 5.91 Å². The number of amides is 1. The minimum absolute atomic E-state index is 0.0606. The van der Waals surface area contributed by atoms with E-state index in [-0.39, 0.29) is 5.91 Å². The van der Waals surface area contributed by atoms with E-state index in [4.69, 9.17) is 0 Å². The van der Waals surface area contributed by atoms with Gasteiger partial charge in [-0.2, -0.15) is 5.10 Å². The van der Waals surface area contributed by atoms with Crippen LogP contribution in [-0.4, -0.2) is 67.7 Å². The van der Waals surface area contributed by atoms with Crippen molar-refractivity contribution < 1.29 is 4.79 Å². The van der Waals surface area contributed by atoms with Gasteiger partial charge in [0, 0.05) is 57.3 Å². The lowest BCUT2D eigenvalue weighted by Crippen LogP contribution is -2.40. The van der Waals surface area contributed by atoms with E-state index in [0.717, 1.165) is 50.3 Å². The molecule has 26 heavy (non-hydrogen) atoms. The first-order chi connectivity index (χ1) is 12.5. The Balaban J connectivity index is 1.54. The maximum atomic E-state index is 12.5. The lowest BCUT2D eigenvalue weighted by molar-refractivity contribution is -0.127. The van der Waals surface area contributed by atoms with Crippen LogP contribution in [-0.2, 0) is 24.9 Å². The van der Waals surface area contributed by atoms with Crippen LogP contribution in [0.15, 0.2) is 24.7 Å². The van der Waals surface area contributed by atoms with Crippen LogP contribution < -0.4 is 0 Å². The summed E-state index contributed by atoms with van der Waals surface area (Å²) in [5.74, 6) is 0.471. The van der Waals surface area contributed by atoms with Crippen molar-refractivity contribution in [1.29, 1.82) is 0 Å². The zero-order valence-corrected chi connectivity index (χ0v) is 15.7. The highest BCUT2D eigenvalue weighted by molar-refractivity contribution is 5.91. The molecule has 0 aliphatic carbocycles. The summed E-state index contributed by atoms with van der Waals surface area (Å²) in [6, 6.07) is 0. The third-order valence-corrected chi connectivity index (χ3v) is 4.48. The van der Waals surface area contributed by atoms with Gasteiger partial charge in [0.25, 0.3) is 0 Å². The molecular weight excluding hydrogens is 330 g/mol. The molecule has 1 aliphatic rings. The maximum Gasteiger partial charge on any atom is 0.246 e. The number of carbonyl (C=O) groups is 1. The number of hydrogen-bond donors (Lipinski definition) is 0. The monoisotopic (exact) mass is 357 g/mol. The van der Waals surface area contributed by atoms with Gasteiger partial charge in [0.15, 0.2) is 0 Å². The van der Waals surface area contributed by atoms with Crippen molar-refractivity contribution in [2.24, 2.45) is 13.0 Å². The van der Waals surface area contributed by atoms with Crippen LogP contribution in [0.5, 0.6) is 0 Å². The van der Waals surface area contributed by atoms with Crippen LogP contribution >= 0.6 is 0 Å². The summed E-state index contributed by atoms with van der Waals surface area (Å²) >= 11 is 0. The number of nitrogens with zero attached hydrogens (tertiary/aromatic N) is 7. The van der Waals surface area contributed by atoms with Gasteiger partial charge in [-0.3, -0.25) is 14.2 Å². The lowest BCUT2D eigenvalue weighted by Gasteiger charge is -2.32. The van der Waals surface area contributed by atoms with Crippen molar-refractivity contribution in [2.75, 3.05) is 27.2 Å². The fourth-order valence-corrected chi connectivity index (χ4v) is 3.30. The first-order valence-electron chi connectivity index (χ1n) is 8.99. The summed E-state index contributed by atoms with van der Waals surface area (Å²) in [6.45, 7) is 3.17. The Labute approximate surface area is 154 Å². The van der Waals surface area contributed by atoms with Crippen molar-refractivity contribution >= 4 is 12.0 Å². The summed E-state index contributed by atoms with van der Waals surface area (Å²) in [7, 11) is 5.90. The molecule has 0 spiro atoms. The summed E-state index contributed by atoms with van der Waals surface area (Å²) in [5, 5.41) is 12.5. The fraction of sp³-hybridized carbons (Fsp3) is 0.556. The molecule has 0 radical (unpaired) electrons. The second-order valence-electron chi connectivity index (χ2n) is 7.24. The van der Waals surface area contributed by atoms with Crippen molar-refractivity contribution in [3.8, 4) is 0 Å². The Kier molecular flexibility index (Phi) is 5.82. The van der Waals surface area contributed by atoms with Gasteiger partial charge >= 0.3 is 0 Å². The molecule has 8 heteroatoms. The summed E-state index contributed by atoms with van der Waals surface area (Å²) < 4.78 is 3.63. The van der Waals surface area contributed by atoms with Crippen LogP contribution in [0.2, 0.25) is 0 Å².